The Bertz CT molecular complexity index is 651. The average Bonchev–Trinajstić information content (AvgIpc) is 2.60. The molecule has 2 rings (SSSR count). The molecule has 0 bridgehead atoms. The zero-order chi connectivity index (χ0) is 20.7. The summed E-state index contributed by atoms with van der Waals surface area (Å²) >= 11 is 0. The predicted molar refractivity (Wildman–Crippen MR) is 112 cm³/mol. The monoisotopic (exact) mass is 388 g/mol. The summed E-state index contributed by atoms with van der Waals surface area (Å²) in [5, 5.41) is 3.12. The second-order valence-electron chi connectivity index (χ2n) is 9.13. The Labute approximate surface area is 169 Å². The lowest BCUT2D eigenvalue weighted by Gasteiger charge is -2.34. The molecule has 0 unspecified atom stereocenters. The zero-order valence-electron chi connectivity index (χ0n) is 18.1. The third kappa shape index (κ3) is 7.17. The summed E-state index contributed by atoms with van der Waals surface area (Å²) < 4.78 is 5.86. The van der Waals surface area contributed by atoms with Gasteiger partial charge in [-0.05, 0) is 49.7 Å². The van der Waals surface area contributed by atoms with Gasteiger partial charge in [0.25, 0.3) is 0 Å². The topological polar surface area (TPSA) is 58.6 Å². The van der Waals surface area contributed by atoms with Crippen molar-refractivity contribution >= 4 is 11.8 Å². The lowest BCUT2D eigenvalue weighted by molar-refractivity contribution is -0.134. The van der Waals surface area contributed by atoms with Crippen LogP contribution < -0.4 is 10.1 Å². The summed E-state index contributed by atoms with van der Waals surface area (Å²) in [4.78, 5) is 26.5. The number of benzene rings is 1. The molecule has 0 aromatic heterocycles. The minimum atomic E-state index is 0.0149. The first kappa shape index (κ1) is 22.3. The molecule has 1 aromatic rings. The van der Waals surface area contributed by atoms with Crippen LogP contribution in [0.2, 0.25) is 0 Å². The summed E-state index contributed by atoms with van der Waals surface area (Å²) in [7, 11) is 0. The van der Waals surface area contributed by atoms with Gasteiger partial charge in [0.1, 0.15) is 5.75 Å². The number of hydrogen-bond acceptors (Lipinski definition) is 3. The molecule has 0 aliphatic carbocycles. The molecule has 1 fully saturated rings. The quantitative estimate of drug-likeness (QED) is 0.718. The summed E-state index contributed by atoms with van der Waals surface area (Å²) in [5.41, 5.74) is 2.26. The number of para-hydroxylation sites is 1. The smallest absolute Gasteiger partial charge is 0.223 e. The molecule has 156 valence electrons. The van der Waals surface area contributed by atoms with E-state index in [1.165, 1.54) is 0 Å². The molecular weight excluding hydrogens is 352 g/mol. The summed E-state index contributed by atoms with van der Waals surface area (Å²) in [6.07, 6.45) is 3.40. The predicted octanol–water partition coefficient (Wildman–Crippen LogP) is 4.01. The van der Waals surface area contributed by atoms with Crippen LogP contribution in [0.1, 0.15) is 64.0 Å². The van der Waals surface area contributed by atoms with Gasteiger partial charge in [0.2, 0.25) is 11.8 Å². The molecule has 1 N–H and O–H groups in total. The average molecular weight is 389 g/mol. The van der Waals surface area contributed by atoms with Crippen molar-refractivity contribution in [3.05, 3.63) is 29.3 Å². The van der Waals surface area contributed by atoms with Gasteiger partial charge < -0.3 is 15.0 Å². The fourth-order valence-electron chi connectivity index (χ4n) is 3.57. The number of carbonyl (C=O) groups excluding carboxylic acids is 2. The lowest BCUT2D eigenvalue weighted by Crippen LogP contribution is -2.47. The Morgan fingerprint density at radius 3 is 2.32 bits per heavy atom. The SMILES string of the molecule is Cc1cccc(C)c1OCCCC(=O)NC1CCN(C(=O)CC(C)(C)C)CC1. The Morgan fingerprint density at radius 1 is 1.14 bits per heavy atom. The molecule has 5 heteroatoms. The summed E-state index contributed by atoms with van der Waals surface area (Å²) in [6.45, 7) is 12.3. The molecular formula is C23H36N2O3. The van der Waals surface area contributed by atoms with E-state index in [9.17, 15) is 9.59 Å². The van der Waals surface area contributed by atoms with Crippen LogP contribution >= 0.6 is 0 Å². The normalized spacial score (nSPS) is 15.4. The molecule has 0 radical (unpaired) electrons. The number of nitrogens with zero attached hydrogens (tertiary/aromatic N) is 1. The molecule has 1 aliphatic heterocycles. The van der Waals surface area contributed by atoms with E-state index in [1.807, 2.05) is 36.9 Å². The highest BCUT2D eigenvalue weighted by molar-refractivity contribution is 5.77. The molecule has 1 saturated heterocycles. The zero-order valence-corrected chi connectivity index (χ0v) is 18.1. The number of ether oxygens (including phenoxy) is 1. The van der Waals surface area contributed by atoms with Crippen molar-refractivity contribution in [2.45, 2.75) is 72.8 Å². The summed E-state index contributed by atoms with van der Waals surface area (Å²) in [6, 6.07) is 6.26. The van der Waals surface area contributed by atoms with Crippen LogP contribution in [0, 0.1) is 19.3 Å². The number of carbonyl (C=O) groups is 2. The lowest BCUT2D eigenvalue weighted by atomic mass is 9.91. The highest BCUT2D eigenvalue weighted by Crippen LogP contribution is 2.23. The number of amides is 2. The molecule has 0 spiro atoms. The van der Waals surface area contributed by atoms with E-state index in [1.54, 1.807) is 0 Å². The summed E-state index contributed by atoms with van der Waals surface area (Å²) in [5.74, 6) is 1.22. The van der Waals surface area contributed by atoms with E-state index in [2.05, 4.69) is 26.1 Å². The first-order valence-corrected chi connectivity index (χ1v) is 10.4. The van der Waals surface area contributed by atoms with Crippen molar-refractivity contribution in [3.63, 3.8) is 0 Å². The second-order valence-corrected chi connectivity index (χ2v) is 9.13. The molecule has 28 heavy (non-hydrogen) atoms. The number of hydrogen-bond donors (Lipinski definition) is 1. The van der Waals surface area contributed by atoms with Gasteiger partial charge in [-0.3, -0.25) is 9.59 Å². The van der Waals surface area contributed by atoms with Crippen LogP contribution in [-0.2, 0) is 9.59 Å². The first-order valence-electron chi connectivity index (χ1n) is 10.4. The second kappa shape index (κ2) is 9.94. The molecule has 0 atom stereocenters. The van der Waals surface area contributed by atoms with Crippen LogP contribution in [0.4, 0.5) is 0 Å². The molecule has 5 nitrogen and oxygen atoms in total. The maximum atomic E-state index is 12.3. The van der Waals surface area contributed by atoms with Gasteiger partial charge in [-0.15, -0.1) is 0 Å². The van der Waals surface area contributed by atoms with Crippen LogP contribution in [0.15, 0.2) is 18.2 Å². The van der Waals surface area contributed by atoms with E-state index < -0.39 is 0 Å². The largest absolute Gasteiger partial charge is 0.493 e. The number of likely N-dealkylation sites (tertiary alicyclic amines) is 1. The highest BCUT2D eigenvalue weighted by atomic mass is 16.5. The van der Waals surface area contributed by atoms with Crippen molar-refractivity contribution in [3.8, 4) is 5.75 Å². The minimum Gasteiger partial charge on any atom is -0.493 e. The van der Waals surface area contributed by atoms with Gasteiger partial charge >= 0.3 is 0 Å². The van der Waals surface area contributed by atoms with E-state index in [0.29, 0.717) is 25.9 Å². The fraction of sp³-hybridized carbons (Fsp3) is 0.652. The van der Waals surface area contributed by atoms with E-state index >= 15 is 0 Å². The highest BCUT2D eigenvalue weighted by Gasteiger charge is 2.26. The number of rotatable bonds is 7. The molecule has 0 saturated carbocycles. The van der Waals surface area contributed by atoms with E-state index in [0.717, 1.165) is 42.8 Å². The van der Waals surface area contributed by atoms with Crippen LogP contribution in [0.3, 0.4) is 0 Å². The van der Waals surface area contributed by atoms with Crippen molar-refractivity contribution in [2.24, 2.45) is 5.41 Å². The standard InChI is InChI=1S/C23H36N2O3/c1-17-8-6-9-18(2)22(17)28-15-7-10-20(26)24-19-11-13-25(14-12-19)21(27)16-23(3,4)5/h6,8-9,19H,7,10-16H2,1-5H3,(H,24,26). The van der Waals surface area contributed by atoms with Crippen molar-refractivity contribution in [1.29, 1.82) is 0 Å². The van der Waals surface area contributed by atoms with Gasteiger partial charge in [0, 0.05) is 32.0 Å². The first-order chi connectivity index (χ1) is 13.2. The third-order valence-electron chi connectivity index (χ3n) is 5.10. The Kier molecular flexibility index (Phi) is 7.90. The van der Waals surface area contributed by atoms with Gasteiger partial charge in [0.05, 0.1) is 6.61 Å². The number of aryl methyl sites for hydroxylation is 2. The molecule has 1 aromatic carbocycles. The number of nitrogens with one attached hydrogen (secondary N) is 1. The van der Waals surface area contributed by atoms with Crippen molar-refractivity contribution < 1.29 is 14.3 Å². The Morgan fingerprint density at radius 2 is 1.75 bits per heavy atom. The number of piperidine rings is 1. The van der Waals surface area contributed by atoms with Crippen molar-refractivity contribution in [1.82, 2.24) is 10.2 Å². The van der Waals surface area contributed by atoms with Gasteiger partial charge in [0.15, 0.2) is 0 Å². The minimum absolute atomic E-state index is 0.0149. The van der Waals surface area contributed by atoms with E-state index in [-0.39, 0.29) is 23.3 Å². The molecule has 1 aliphatic rings. The van der Waals surface area contributed by atoms with Crippen LogP contribution in [-0.4, -0.2) is 42.5 Å². The molecule has 1 heterocycles. The maximum Gasteiger partial charge on any atom is 0.223 e. The Balaban J connectivity index is 1.64. The van der Waals surface area contributed by atoms with Gasteiger partial charge in [-0.25, -0.2) is 0 Å². The van der Waals surface area contributed by atoms with E-state index in [4.69, 9.17) is 4.74 Å². The maximum absolute atomic E-state index is 12.3. The fourth-order valence-corrected chi connectivity index (χ4v) is 3.57. The third-order valence-corrected chi connectivity index (χ3v) is 5.10. The Hall–Kier alpha value is -2.04. The van der Waals surface area contributed by atoms with Crippen LogP contribution in [0.5, 0.6) is 5.75 Å². The van der Waals surface area contributed by atoms with Gasteiger partial charge in [-0.2, -0.15) is 0 Å². The van der Waals surface area contributed by atoms with Crippen molar-refractivity contribution in [2.75, 3.05) is 19.7 Å². The molecule has 2 amide bonds. The van der Waals surface area contributed by atoms with Crippen LogP contribution in [0.25, 0.3) is 0 Å². The van der Waals surface area contributed by atoms with Gasteiger partial charge in [-0.1, -0.05) is 39.0 Å².